The molecule has 0 saturated heterocycles. The van der Waals surface area contributed by atoms with Crippen LogP contribution in [0.25, 0.3) is 0 Å². The van der Waals surface area contributed by atoms with Gasteiger partial charge in [0.05, 0.1) is 10.9 Å². The minimum Gasteiger partial charge on any atom is -0.488 e. The normalized spacial score (nSPS) is 10.5. The molecular formula is C15H10BrCl3O2. The highest BCUT2D eigenvalue weighted by Crippen LogP contribution is 2.27. The first-order valence-electron chi connectivity index (χ1n) is 5.96. The van der Waals surface area contributed by atoms with Crippen LogP contribution in [0.3, 0.4) is 0 Å². The minimum absolute atomic E-state index is 0.102. The SMILES string of the molecule is O=C(CBr)c1cc(Cl)ccc1OCc1ccc(Cl)cc1Cl. The molecule has 2 nitrogen and oxygen atoms in total. The van der Waals surface area contributed by atoms with Gasteiger partial charge in [-0.1, -0.05) is 56.8 Å². The lowest BCUT2D eigenvalue weighted by Gasteiger charge is -2.11. The molecule has 0 atom stereocenters. The van der Waals surface area contributed by atoms with Gasteiger partial charge in [0.15, 0.2) is 5.78 Å². The molecule has 0 aromatic heterocycles. The molecule has 0 heterocycles. The summed E-state index contributed by atoms with van der Waals surface area (Å²) < 4.78 is 5.69. The fraction of sp³-hybridized carbons (Fsp3) is 0.133. The van der Waals surface area contributed by atoms with Crippen molar-refractivity contribution >= 4 is 56.5 Å². The molecule has 6 heteroatoms. The number of alkyl halides is 1. The van der Waals surface area contributed by atoms with Crippen LogP contribution in [0.15, 0.2) is 36.4 Å². The van der Waals surface area contributed by atoms with Gasteiger partial charge in [0.25, 0.3) is 0 Å². The lowest BCUT2D eigenvalue weighted by Crippen LogP contribution is -2.05. The summed E-state index contributed by atoms with van der Waals surface area (Å²) in [5.41, 5.74) is 1.22. The van der Waals surface area contributed by atoms with Crippen molar-refractivity contribution < 1.29 is 9.53 Å². The molecule has 2 aromatic carbocycles. The second-order valence-electron chi connectivity index (χ2n) is 4.22. The van der Waals surface area contributed by atoms with Crippen molar-refractivity contribution in [1.82, 2.24) is 0 Å². The van der Waals surface area contributed by atoms with E-state index in [-0.39, 0.29) is 17.7 Å². The maximum Gasteiger partial charge on any atom is 0.177 e. The highest BCUT2D eigenvalue weighted by Gasteiger charge is 2.13. The van der Waals surface area contributed by atoms with Crippen LogP contribution in [-0.2, 0) is 6.61 Å². The second-order valence-corrected chi connectivity index (χ2v) is 6.06. The largest absolute Gasteiger partial charge is 0.488 e. The Morgan fingerprint density at radius 2 is 1.71 bits per heavy atom. The van der Waals surface area contributed by atoms with Gasteiger partial charge in [-0.25, -0.2) is 0 Å². The van der Waals surface area contributed by atoms with Gasteiger partial charge in [-0.05, 0) is 30.3 Å². The molecule has 0 saturated carbocycles. The average Bonchev–Trinajstić information content (AvgIpc) is 2.46. The van der Waals surface area contributed by atoms with Crippen molar-refractivity contribution in [3.63, 3.8) is 0 Å². The molecule has 0 aliphatic rings. The van der Waals surface area contributed by atoms with Crippen molar-refractivity contribution in [2.24, 2.45) is 0 Å². The molecule has 0 N–H and O–H groups in total. The van der Waals surface area contributed by atoms with Gasteiger partial charge in [-0.2, -0.15) is 0 Å². The number of ether oxygens (including phenoxy) is 1. The van der Waals surface area contributed by atoms with E-state index < -0.39 is 0 Å². The topological polar surface area (TPSA) is 26.3 Å². The van der Waals surface area contributed by atoms with Gasteiger partial charge < -0.3 is 4.74 Å². The molecule has 0 unspecified atom stereocenters. The average molecular weight is 409 g/mol. The van der Waals surface area contributed by atoms with E-state index in [4.69, 9.17) is 39.5 Å². The van der Waals surface area contributed by atoms with E-state index in [1.54, 1.807) is 36.4 Å². The third kappa shape index (κ3) is 4.36. The Balaban J connectivity index is 2.21. The molecule has 0 fully saturated rings. The Bertz CT molecular complexity index is 674. The molecule has 2 aromatic rings. The Kier molecular flexibility index (Phi) is 5.94. The van der Waals surface area contributed by atoms with E-state index in [2.05, 4.69) is 15.9 Å². The van der Waals surface area contributed by atoms with E-state index in [9.17, 15) is 4.79 Å². The molecule has 21 heavy (non-hydrogen) atoms. The van der Waals surface area contributed by atoms with Crippen LogP contribution >= 0.6 is 50.7 Å². The summed E-state index contributed by atoms with van der Waals surface area (Å²) in [5, 5.41) is 1.76. The van der Waals surface area contributed by atoms with E-state index >= 15 is 0 Å². The summed E-state index contributed by atoms with van der Waals surface area (Å²) in [4.78, 5) is 11.9. The quantitative estimate of drug-likeness (QED) is 0.461. The van der Waals surface area contributed by atoms with Gasteiger partial charge in [0.1, 0.15) is 12.4 Å². The summed E-state index contributed by atoms with van der Waals surface area (Å²) in [6, 6.07) is 10.1. The van der Waals surface area contributed by atoms with Crippen LogP contribution < -0.4 is 4.74 Å². The maximum absolute atomic E-state index is 11.9. The number of rotatable bonds is 5. The molecule has 0 aliphatic heterocycles. The van der Waals surface area contributed by atoms with Crippen LogP contribution in [-0.4, -0.2) is 11.1 Å². The Morgan fingerprint density at radius 3 is 2.38 bits per heavy atom. The lowest BCUT2D eigenvalue weighted by molar-refractivity contribution is 0.101. The summed E-state index contributed by atoms with van der Waals surface area (Å²) >= 11 is 21.0. The molecule has 0 amide bonds. The van der Waals surface area contributed by atoms with Crippen molar-refractivity contribution in [3.05, 3.63) is 62.6 Å². The number of carbonyl (C=O) groups is 1. The van der Waals surface area contributed by atoms with Crippen LogP contribution in [0.2, 0.25) is 15.1 Å². The van der Waals surface area contributed by atoms with Gasteiger partial charge in [0, 0.05) is 20.6 Å². The molecular weight excluding hydrogens is 398 g/mol. The molecule has 0 spiro atoms. The maximum atomic E-state index is 11.9. The number of Topliss-reactive ketones (excluding diaryl/α,β-unsaturated/α-hetero) is 1. The predicted octanol–water partition coefficient (Wildman–Crippen LogP) is 5.80. The lowest BCUT2D eigenvalue weighted by atomic mass is 10.1. The van der Waals surface area contributed by atoms with Crippen LogP contribution in [0.1, 0.15) is 15.9 Å². The van der Waals surface area contributed by atoms with Crippen molar-refractivity contribution in [1.29, 1.82) is 0 Å². The molecule has 0 aliphatic carbocycles. The zero-order valence-corrected chi connectivity index (χ0v) is 14.6. The number of benzene rings is 2. The molecule has 2 rings (SSSR count). The third-order valence-corrected chi connectivity index (χ3v) is 4.09. The number of ketones is 1. The number of hydrogen-bond acceptors (Lipinski definition) is 2. The summed E-state index contributed by atoms with van der Waals surface area (Å²) in [6.07, 6.45) is 0. The van der Waals surface area contributed by atoms with E-state index in [0.717, 1.165) is 5.56 Å². The molecule has 0 bridgehead atoms. The minimum atomic E-state index is -0.102. The molecule has 0 radical (unpaired) electrons. The van der Waals surface area contributed by atoms with Crippen LogP contribution in [0, 0.1) is 0 Å². The van der Waals surface area contributed by atoms with Gasteiger partial charge >= 0.3 is 0 Å². The first-order valence-corrected chi connectivity index (χ1v) is 8.22. The van der Waals surface area contributed by atoms with Crippen molar-refractivity contribution in [2.75, 3.05) is 5.33 Å². The van der Waals surface area contributed by atoms with E-state index in [1.807, 2.05) is 0 Å². The zero-order valence-electron chi connectivity index (χ0n) is 10.7. The number of carbonyl (C=O) groups excluding carboxylic acids is 1. The summed E-state index contributed by atoms with van der Waals surface area (Å²) in [5.74, 6) is 0.365. The smallest absolute Gasteiger partial charge is 0.177 e. The van der Waals surface area contributed by atoms with Crippen molar-refractivity contribution in [3.8, 4) is 5.75 Å². The standard InChI is InChI=1S/C15H10BrCl3O2/c16-7-14(20)12-5-10(17)3-4-15(12)21-8-9-1-2-11(18)6-13(9)19/h1-6H,7-8H2. The summed E-state index contributed by atoms with van der Waals surface area (Å²) in [6.45, 7) is 0.236. The summed E-state index contributed by atoms with van der Waals surface area (Å²) in [7, 11) is 0. The van der Waals surface area contributed by atoms with Gasteiger partial charge in [-0.15, -0.1) is 0 Å². The second kappa shape index (κ2) is 7.50. The first kappa shape index (κ1) is 16.6. The molecule has 110 valence electrons. The monoisotopic (exact) mass is 406 g/mol. The first-order chi connectivity index (χ1) is 10.0. The highest BCUT2D eigenvalue weighted by atomic mass is 79.9. The number of halogens is 4. The van der Waals surface area contributed by atoms with Gasteiger partial charge in [0.2, 0.25) is 0 Å². The zero-order chi connectivity index (χ0) is 15.4. The van der Waals surface area contributed by atoms with Gasteiger partial charge in [-0.3, -0.25) is 4.79 Å². The Morgan fingerprint density at radius 1 is 1.05 bits per heavy atom. The number of hydrogen-bond donors (Lipinski definition) is 0. The fourth-order valence-electron chi connectivity index (χ4n) is 1.71. The Hall–Kier alpha value is -0.740. The van der Waals surface area contributed by atoms with E-state index in [0.29, 0.717) is 26.4 Å². The predicted molar refractivity (Wildman–Crippen MR) is 90.4 cm³/mol. The fourth-order valence-corrected chi connectivity index (χ4v) is 2.65. The Labute approximate surface area is 146 Å². The highest BCUT2D eigenvalue weighted by molar-refractivity contribution is 9.09. The van der Waals surface area contributed by atoms with Crippen LogP contribution in [0.4, 0.5) is 0 Å². The van der Waals surface area contributed by atoms with Crippen molar-refractivity contribution in [2.45, 2.75) is 6.61 Å². The third-order valence-electron chi connectivity index (χ3n) is 2.76. The van der Waals surface area contributed by atoms with E-state index in [1.165, 1.54) is 0 Å². The van der Waals surface area contributed by atoms with Crippen LogP contribution in [0.5, 0.6) is 5.75 Å².